The number of aliphatic hydroxyl groups excluding tert-OH is 2. The predicted molar refractivity (Wildman–Crippen MR) is 282 cm³/mol. The number of non-ortho nitro benzene ring substituents is 1. The number of carbonyl (C=O) groups excluding carboxylic acids is 2. The van der Waals surface area contributed by atoms with Crippen molar-refractivity contribution in [1.82, 2.24) is 4.90 Å². The number of anilines is 1. The fraction of sp³-hybridized carbons (Fsp3) is 0.362. The van der Waals surface area contributed by atoms with Crippen molar-refractivity contribution in [3.05, 3.63) is 160 Å². The van der Waals surface area contributed by atoms with Crippen molar-refractivity contribution in [2.24, 2.45) is 22.9 Å². The van der Waals surface area contributed by atoms with Gasteiger partial charge in [0.05, 0.1) is 43.1 Å². The summed E-state index contributed by atoms with van der Waals surface area (Å²) >= 11 is 0. The van der Waals surface area contributed by atoms with Crippen molar-refractivity contribution in [3.63, 3.8) is 0 Å². The van der Waals surface area contributed by atoms with Crippen molar-refractivity contribution in [2.75, 3.05) is 46.0 Å². The molecule has 16 nitrogen and oxygen atoms in total. The number of aliphatic hydroxyl groups is 2. The molecule has 8 rings (SSSR count). The molecule has 388 valence electrons. The van der Waals surface area contributed by atoms with Crippen LogP contribution in [0.1, 0.15) is 74.5 Å². The lowest BCUT2D eigenvalue weighted by Crippen LogP contribution is -2.70. The molecular weight excluding hydrogens is 945 g/mol. The van der Waals surface area contributed by atoms with E-state index >= 15 is 4.79 Å². The van der Waals surface area contributed by atoms with Crippen LogP contribution in [-0.2, 0) is 20.9 Å². The van der Waals surface area contributed by atoms with Gasteiger partial charge in [-0.1, -0.05) is 72.6 Å². The first-order chi connectivity index (χ1) is 36.1. The second-order valence-corrected chi connectivity index (χ2v) is 18.6. The summed E-state index contributed by atoms with van der Waals surface area (Å²) in [7, 11) is 3.03. The first-order valence-electron chi connectivity index (χ1n) is 25.2. The van der Waals surface area contributed by atoms with Gasteiger partial charge in [-0.25, -0.2) is 4.79 Å². The third kappa shape index (κ3) is 11.5. The summed E-state index contributed by atoms with van der Waals surface area (Å²) < 4.78 is 31.6. The molecule has 2 amide bonds. The zero-order valence-electron chi connectivity index (χ0n) is 42.0. The number of oxime groups is 1. The second-order valence-electron chi connectivity index (χ2n) is 18.6. The second kappa shape index (κ2) is 24.5. The van der Waals surface area contributed by atoms with E-state index in [0.29, 0.717) is 59.9 Å². The van der Waals surface area contributed by atoms with E-state index in [-0.39, 0.29) is 68.6 Å². The number of ether oxygens (including phenoxy) is 5. The van der Waals surface area contributed by atoms with E-state index in [1.54, 1.807) is 59.5 Å². The Kier molecular flexibility index (Phi) is 17.4. The Bertz CT molecular complexity index is 2900. The molecule has 1 fully saturated rings. The van der Waals surface area contributed by atoms with Crippen LogP contribution in [0, 0.1) is 27.9 Å². The van der Waals surface area contributed by atoms with Crippen LogP contribution in [0.4, 0.5) is 16.2 Å². The number of rotatable bonds is 23. The molecule has 0 spiro atoms. The van der Waals surface area contributed by atoms with Gasteiger partial charge >= 0.3 is 6.09 Å². The number of nitrogens with zero attached hydrogens (tertiary/aromatic N) is 3. The SMILES string of the molecule is C=CCOC12Oc3ccc(OC(=O)Nc4ccc(OC)cc4OC)cc3C3C(CCCCO)C(CCCCO)C=C(C(=NOCC)CC1N(Cc1cccc4ccccc14)C(=O)C=Cc1ccc([N+](=O)[O-])cc1)C32. The summed E-state index contributed by atoms with van der Waals surface area (Å²) in [5.74, 6) is -1.53. The topological polar surface area (TPSA) is 201 Å². The van der Waals surface area contributed by atoms with E-state index in [2.05, 4.69) is 18.0 Å². The summed E-state index contributed by atoms with van der Waals surface area (Å²) in [5.41, 5.74) is 3.98. The maximum absolute atomic E-state index is 15.4. The van der Waals surface area contributed by atoms with E-state index in [4.69, 9.17) is 33.7 Å². The van der Waals surface area contributed by atoms with Crippen molar-refractivity contribution >= 4 is 45.9 Å². The molecule has 2 aliphatic carbocycles. The Morgan fingerprint density at radius 1 is 0.932 bits per heavy atom. The minimum atomic E-state index is -1.60. The third-order valence-corrected chi connectivity index (χ3v) is 14.2. The predicted octanol–water partition coefficient (Wildman–Crippen LogP) is 10.8. The molecule has 6 unspecified atom stereocenters. The van der Waals surface area contributed by atoms with Crippen LogP contribution < -0.4 is 24.3 Å². The molecule has 1 heterocycles. The van der Waals surface area contributed by atoms with Crippen molar-refractivity contribution in [1.29, 1.82) is 0 Å². The van der Waals surface area contributed by atoms with Crippen LogP contribution >= 0.6 is 0 Å². The minimum Gasteiger partial charge on any atom is -0.497 e. The molecule has 5 aromatic carbocycles. The Morgan fingerprint density at radius 3 is 2.42 bits per heavy atom. The van der Waals surface area contributed by atoms with Crippen LogP contribution in [0.2, 0.25) is 0 Å². The Balaban J connectivity index is 1.31. The molecule has 6 atom stereocenters. The van der Waals surface area contributed by atoms with E-state index in [1.165, 1.54) is 32.4 Å². The summed E-state index contributed by atoms with van der Waals surface area (Å²) in [5, 5.41) is 41.2. The number of carbonyl (C=O) groups is 2. The van der Waals surface area contributed by atoms with Gasteiger partial charge in [-0.15, -0.1) is 6.58 Å². The molecule has 0 saturated heterocycles. The largest absolute Gasteiger partial charge is 0.497 e. The number of nitro groups is 1. The Labute approximate surface area is 431 Å². The molecule has 0 bridgehead atoms. The molecule has 3 N–H and O–H groups in total. The minimum absolute atomic E-state index is 0.0150. The van der Waals surface area contributed by atoms with Gasteiger partial charge < -0.3 is 43.6 Å². The van der Waals surface area contributed by atoms with Crippen molar-refractivity contribution in [3.8, 4) is 23.0 Å². The van der Waals surface area contributed by atoms with Crippen LogP contribution in [0.3, 0.4) is 0 Å². The van der Waals surface area contributed by atoms with Gasteiger partial charge in [-0.3, -0.25) is 20.2 Å². The highest BCUT2D eigenvalue weighted by molar-refractivity contribution is 6.03. The van der Waals surface area contributed by atoms with Gasteiger partial charge in [0, 0.05) is 61.9 Å². The highest BCUT2D eigenvalue weighted by Gasteiger charge is 2.65. The lowest BCUT2D eigenvalue weighted by atomic mass is 9.55. The molecule has 1 saturated carbocycles. The number of nitrogens with one attached hydrogen (secondary N) is 1. The zero-order chi connectivity index (χ0) is 52.2. The first-order valence-corrected chi connectivity index (χ1v) is 25.2. The number of nitro benzene ring substituents is 1. The van der Waals surface area contributed by atoms with Crippen molar-refractivity contribution < 1.29 is 53.2 Å². The van der Waals surface area contributed by atoms with Gasteiger partial charge in [0.2, 0.25) is 11.7 Å². The maximum atomic E-state index is 15.4. The average Bonchev–Trinajstić information content (AvgIpc) is 3.42. The summed E-state index contributed by atoms with van der Waals surface area (Å²) in [6.07, 6.45) is 10.5. The summed E-state index contributed by atoms with van der Waals surface area (Å²) in [6, 6.07) is 29.4. The van der Waals surface area contributed by atoms with E-state index < -0.39 is 34.7 Å². The number of allylic oxidation sites excluding steroid dienone is 1. The summed E-state index contributed by atoms with van der Waals surface area (Å²) in [6.45, 7) is 6.41. The fourth-order valence-electron chi connectivity index (χ4n) is 10.9. The average molecular weight is 1010 g/mol. The lowest BCUT2D eigenvalue weighted by Gasteiger charge is -2.60. The zero-order valence-corrected chi connectivity index (χ0v) is 42.0. The van der Waals surface area contributed by atoms with Crippen LogP contribution in [-0.4, -0.2) is 90.2 Å². The quantitative estimate of drug-likeness (QED) is 0.0184. The van der Waals surface area contributed by atoms with Gasteiger partial charge in [0.25, 0.3) is 5.69 Å². The number of hydrogen-bond acceptors (Lipinski definition) is 13. The smallest absolute Gasteiger partial charge is 0.417 e. The molecule has 74 heavy (non-hydrogen) atoms. The fourth-order valence-corrected chi connectivity index (χ4v) is 10.9. The molecule has 5 aromatic rings. The highest BCUT2D eigenvalue weighted by Crippen LogP contribution is 2.62. The number of fused-ring (bicyclic) bond motifs is 3. The van der Waals surface area contributed by atoms with Gasteiger partial charge in [0.1, 0.15) is 35.6 Å². The first kappa shape index (κ1) is 52.8. The Hall–Kier alpha value is -7.53. The monoisotopic (exact) mass is 1010 g/mol. The van der Waals surface area contributed by atoms with E-state index in [1.807, 2.05) is 55.5 Å². The molecule has 0 aromatic heterocycles. The number of amides is 2. The van der Waals surface area contributed by atoms with Gasteiger partial charge in [-0.2, -0.15) is 0 Å². The summed E-state index contributed by atoms with van der Waals surface area (Å²) in [4.78, 5) is 47.9. The van der Waals surface area contributed by atoms with Gasteiger partial charge in [0.15, 0.2) is 0 Å². The molecule has 1 aliphatic heterocycles. The number of benzene rings is 5. The molecular formula is C58H64N4O12. The standard InChI is InChI=1S/C58H64N4O12/c1-5-32-71-58-53(61(37-41-17-13-16-39-14-7-8-18-45(39)41)54(65)29-22-38-20-23-42(24-21-38)62(67)68)36-50(60-72-6-2)47-33-40(15-9-11-30-63)46(19-10-12-31-64)55(56(47)58)48-34-44(26-28-51(48)74-58)73-57(66)59-49-27-25-43(69-3)35-52(49)70-4/h5,7-8,13-14,16-18,20-29,33-35,40,46,53,55-56,63-64H,1,6,9-12,15,19,30-32,36-37H2,2-4H3,(H,59,66). The number of unbranched alkanes of at least 4 members (excludes halogenated alkanes) is 2. The molecule has 3 aliphatic rings. The van der Waals surface area contributed by atoms with Gasteiger partial charge in [-0.05, 0) is 120 Å². The molecule has 0 radical (unpaired) electrons. The number of hydrogen-bond donors (Lipinski definition) is 3. The highest BCUT2D eigenvalue weighted by atomic mass is 16.7. The maximum Gasteiger partial charge on any atom is 0.417 e. The Morgan fingerprint density at radius 2 is 1.69 bits per heavy atom. The molecule has 16 heteroatoms. The van der Waals surface area contributed by atoms with Crippen molar-refractivity contribution in [2.45, 2.75) is 76.2 Å². The number of methoxy groups -OCH3 is 2. The van der Waals surface area contributed by atoms with Crippen LogP contribution in [0.25, 0.3) is 16.8 Å². The third-order valence-electron chi connectivity index (χ3n) is 14.2. The van der Waals surface area contributed by atoms with Crippen LogP contribution in [0.15, 0.2) is 139 Å². The van der Waals surface area contributed by atoms with E-state index in [9.17, 15) is 25.1 Å². The van der Waals surface area contributed by atoms with E-state index in [0.717, 1.165) is 40.3 Å². The van der Waals surface area contributed by atoms with Crippen LogP contribution in [0.5, 0.6) is 23.0 Å². The lowest BCUT2D eigenvalue weighted by molar-refractivity contribution is -0.384. The normalized spacial score (nSPS) is 21.2.